The zero-order valence-corrected chi connectivity index (χ0v) is 13.8. The molecule has 0 atom stereocenters. The molecular weight excluding hydrogens is 268 g/mol. The average Bonchev–Trinajstić information content (AvgIpc) is 2.41. The number of allylic oxidation sites excluding steroid dienone is 12. The van der Waals surface area contributed by atoms with Gasteiger partial charge in [0.05, 0.1) is 0 Å². The zero-order chi connectivity index (χ0) is 16.4. The SMILES string of the molecule is C=C/C=C(\C=C/N/C(C)=C/N(C)C)C1=CC(=C)/C=C\C=C/C1. The second-order valence-corrected chi connectivity index (χ2v) is 5.35. The molecule has 2 heteroatoms. The van der Waals surface area contributed by atoms with Crippen LogP contribution in [-0.2, 0) is 0 Å². The monoisotopic (exact) mass is 294 g/mol. The van der Waals surface area contributed by atoms with E-state index in [4.69, 9.17) is 0 Å². The van der Waals surface area contributed by atoms with Gasteiger partial charge in [-0.05, 0) is 36.1 Å². The topological polar surface area (TPSA) is 15.3 Å². The molecule has 0 aromatic heterocycles. The third-order valence-corrected chi connectivity index (χ3v) is 2.95. The largest absolute Gasteiger partial charge is 0.382 e. The molecule has 0 aliphatic heterocycles. The first-order chi connectivity index (χ1) is 10.5. The summed E-state index contributed by atoms with van der Waals surface area (Å²) in [6.45, 7) is 9.89. The Morgan fingerprint density at radius 2 is 2.09 bits per heavy atom. The van der Waals surface area contributed by atoms with Gasteiger partial charge < -0.3 is 10.2 Å². The van der Waals surface area contributed by atoms with Gasteiger partial charge in [0.15, 0.2) is 0 Å². The van der Waals surface area contributed by atoms with Crippen LogP contribution in [0.3, 0.4) is 0 Å². The van der Waals surface area contributed by atoms with E-state index in [1.165, 1.54) is 5.57 Å². The minimum atomic E-state index is 0.875. The van der Waals surface area contributed by atoms with Gasteiger partial charge in [0.1, 0.15) is 0 Å². The predicted molar refractivity (Wildman–Crippen MR) is 98.1 cm³/mol. The molecule has 1 N–H and O–H groups in total. The van der Waals surface area contributed by atoms with E-state index in [0.717, 1.165) is 23.3 Å². The van der Waals surface area contributed by atoms with Crippen molar-refractivity contribution in [3.05, 3.63) is 96.6 Å². The molecule has 0 spiro atoms. The van der Waals surface area contributed by atoms with Gasteiger partial charge in [-0.2, -0.15) is 0 Å². The second-order valence-electron chi connectivity index (χ2n) is 5.35. The summed E-state index contributed by atoms with van der Waals surface area (Å²) in [6.07, 6.45) is 21.1. The highest BCUT2D eigenvalue weighted by atomic mass is 15.0. The lowest BCUT2D eigenvalue weighted by molar-refractivity contribution is 0.554. The fourth-order valence-corrected chi connectivity index (χ4v) is 2.07. The van der Waals surface area contributed by atoms with E-state index in [-0.39, 0.29) is 0 Å². The highest BCUT2D eigenvalue weighted by Gasteiger charge is 2.02. The van der Waals surface area contributed by atoms with Crippen LogP contribution in [-0.4, -0.2) is 19.0 Å². The summed E-state index contributed by atoms with van der Waals surface area (Å²) in [5, 5.41) is 3.26. The molecule has 0 amide bonds. The number of hydrogen-bond acceptors (Lipinski definition) is 2. The molecular formula is C20H26N2. The molecule has 0 saturated carbocycles. The molecule has 0 bridgehead atoms. The third kappa shape index (κ3) is 6.80. The van der Waals surface area contributed by atoms with E-state index < -0.39 is 0 Å². The highest BCUT2D eigenvalue weighted by molar-refractivity contribution is 5.48. The first kappa shape index (κ1) is 17.6. The molecule has 2 nitrogen and oxygen atoms in total. The summed E-state index contributed by atoms with van der Waals surface area (Å²) in [5.41, 5.74) is 4.43. The van der Waals surface area contributed by atoms with E-state index in [9.17, 15) is 0 Å². The Balaban J connectivity index is 2.90. The van der Waals surface area contributed by atoms with Crippen molar-refractivity contribution in [3.63, 3.8) is 0 Å². The molecule has 1 aliphatic rings. The van der Waals surface area contributed by atoms with Crippen molar-refractivity contribution in [3.8, 4) is 0 Å². The number of nitrogens with one attached hydrogen (secondary N) is 1. The average molecular weight is 294 g/mol. The van der Waals surface area contributed by atoms with Crippen LogP contribution in [0.15, 0.2) is 96.6 Å². The molecule has 0 aromatic carbocycles. The normalized spacial score (nSPS) is 19.2. The van der Waals surface area contributed by atoms with E-state index in [1.54, 1.807) is 0 Å². The van der Waals surface area contributed by atoms with Crippen LogP contribution in [0.1, 0.15) is 13.3 Å². The zero-order valence-electron chi connectivity index (χ0n) is 13.8. The third-order valence-electron chi connectivity index (χ3n) is 2.95. The van der Waals surface area contributed by atoms with Crippen LogP contribution in [0.5, 0.6) is 0 Å². The van der Waals surface area contributed by atoms with Crippen LogP contribution in [0.2, 0.25) is 0 Å². The van der Waals surface area contributed by atoms with Crippen molar-refractivity contribution in [2.75, 3.05) is 14.1 Å². The summed E-state index contributed by atoms with van der Waals surface area (Å²) in [7, 11) is 4.01. The maximum atomic E-state index is 4.05. The Morgan fingerprint density at radius 3 is 2.77 bits per heavy atom. The molecule has 116 valence electrons. The van der Waals surface area contributed by atoms with Gasteiger partial charge in [0.25, 0.3) is 0 Å². The van der Waals surface area contributed by atoms with E-state index >= 15 is 0 Å². The van der Waals surface area contributed by atoms with Crippen molar-refractivity contribution in [1.82, 2.24) is 10.2 Å². The fraction of sp³-hybridized carbons (Fsp3) is 0.200. The van der Waals surface area contributed by atoms with Gasteiger partial charge >= 0.3 is 0 Å². The Labute approximate surface area is 134 Å². The molecule has 0 heterocycles. The van der Waals surface area contributed by atoms with Gasteiger partial charge in [-0.15, -0.1) is 0 Å². The van der Waals surface area contributed by atoms with Crippen LogP contribution in [0.4, 0.5) is 0 Å². The molecule has 0 fully saturated rings. The van der Waals surface area contributed by atoms with Crippen molar-refractivity contribution in [2.45, 2.75) is 13.3 Å². The standard InChI is InChI=1S/C20H26N2/c1-6-10-19(13-14-21-18(3)16-22(4)5)20-12-9-7-8-11-17(2)15-20/h6-11,13-16,21H,1-2,12H2,3-5H3/b9-7-,11-8-,14-13-,18-16+,19-10+,20-15?. The lowest BCUT2D eigenvalue weighted by Crippen LogP contribution is -2.08. The molecule has 1 aliphatic carbocycles. The van der Waals surface area contributed by atoms with E-state index in [1.807, 2.05) is 62.6 Å². The minimum Gasteiger partial charge on any atom is -0.382 e. The van der Waals surface area contributed by atoms with Gasteiger partial charge in [-0.3, -0.25) is 0 Å². The number of hydrogen-bond donors (Lipinski definition) is 1. The summed E-state index contributed by atoms with van der Waals surface area (Å²) in [4.78, 5) is 2.01. The predicted octanol–water partition coefficient (Wildman–Crippen LogP) is 4.62. The Bertz CT molecular complexity index is 579. The van der Waals surface area contributed by atoms with Crippen molar-refractivity contribution < 1.29 is 0 Å². The molecule has 22 heavy (non-hydrogen) atoms. The summed E-state index contributed by atoms with van der Waals surface area (Å²) in [5.74, 6) is 0. The first-order valence-corrected chi connectivity index (χ1v) is 7.36. The molecule has 1 rings (SSSR count). The van der Waals surface area contributed by atoms with Gasteiger partial charge in [0.2, 0.25) is 0 Å². The van der Waals surface area contributed by atoms with Crippen LogP contribution >= 0.6 is 0 Å². The number of nitrogens with zero attached hydrogens (tertiary/aromatic N) is 1. The van der Waals surface area contributed by atoms with Crippen LogP contribution < -0.4 is 5.32 Å². The Kier molecular flexibility index (Phi) is 7.55. The molecule has 0 radical (unpaired) electrons. The molecule has 0 saturated heterocycles. The van der Waals surface area contributed by atoms with Gasteiger partial charge in [-0.25, -0.2) is 0 Å². The first-order valence-electron chi connectivity index (χ1n) is 7.36. The van der Waals surface area contributed by atoms with E-state index in [2.05, 4.69) is 42.8 Å². The lowest BCUT2D eigenvalue weighted by Gasteiger charge is -2.10. The minimum absolute atomic E-state index is 0.875. The number of rotatable bonds is 6. The maximum Gasteiger partial charge on any atom is 0.0276 e. The summed E-state index contributed by atoms with van der Waals surface area (Å²) < 4.78 is 0. The van der Waals surface area contributed by atoms with E-state index in [0.29, 0.717) is 0 Å². The van der Waals surface area contributed by atoms with Crippen LogP contribution in [0, 0.1) is 0 Å². The van der Waals surface area contributed by atoms with Gasteiger partial charge in [-0.1, -0.05) is 55.7 Å². The van der Waals surface area contributed by atoms with Crippen LogP contribution in [0.25, 0.3) is 0 Å². The highest BCUT2D eigenvalue weighted by Crippen LogP contribution is 2.20. The molecule has 0 unspecified atom stereocenters. The van der Waals surface area contributed by atoms with Crippen molar-refractivity contribution in [2.24, 2.45) is 0 Å². The Morgan fingerprint density at radius 1 is 1.32 bits per heavy atom. The van der Waals surface area contributed by atoms with Gasteiger partial charge in [0, 0.05) is 32.2 Å². The maximum absolute atomic E-state index is 4.05. The van der Waals surface area contributed by atoms with Crippen molar-refractivity contribution in [1.29, 1.82) is 0 Å². The summed E-state index contributed by atoms with van der Waals surface area (Å²) in [6, 6.07) is 0. The fourth-order valence-electron chi connectivity index (χ4n) is 2.07. The van der Waals surface area contributed by atoms with Crippen molar-refractivity contribution >= 4 is 0 Å². The lowest BCUT2D eigenvalue weighted by atomic mass is 9.98. The quantitative estimate of drug-likeness (QED) is 0.719. The smallest absolute Gasteiger partial charge is 0.0276 e. The Hall–Kier alpha value is -2.48. The molecule has 0 aromatic rings. The second kappa shape index (κ2) is 9.46. The summed E-state index contributed by atoms with van der Waals surface area (Å²) >= 11 is 0.